The van der Waals surface area contributed by atoms with Crippen LogP contribution >= 0.6 is 0 Å². The number of carbonyl (C=O) groups excluding carboxylic acids is 11. The number of rotatable bonds is 29. The summed E-state index contributed by atoms with van der Waals surface area (Å²) in [7, 11) is 0. The SMILES string of the molecule is CC[C@@H](C)CCC(O)CC(=O)N[C@@H](CCN)C(=O)N[C@H](C(=O)N[C@@H](CCN)C(=O)N[C@H]1CCNC(=O)[C@H]([C@@H](C)O)NC(=O)[C@H](CCN)NC(=O)[C@H](CCN)NC(=O)[C@H](CC(C)C)NC(=O)[C@@H](Cc2ccccc2)NC(=O)[C@H](CCN)NC1=O)[C@@H](C)O. The van der Waals surface area contributed by atoms with Crippen molar-refractivity contribution >= 4 is 65.0 Å². The maximum Gasteiger partial charge on any atom is 0.245 e. The molecule has 1 aliphatic heterocycles. The molecule has 24 N–H and O–H groups in total. The normalized spacial score (nSPS) is 23.2. The molecule has 11 amide bonds. The van der Waals surface area contributed by atoms with Gasteiger partial charge in [0, 0.05) is 13.0 Å². The van der Waals surface area contributed by atoms with E-state index in [0.29, 0.717) is 24.3 Å². The zero-order valence-corrected chi connectivity index (χ0v) is 50.5. The smallest absolute Gasteiger partial charge is 0.245 e. The average Bonchev–Trinajstić information content (AvgIpc) is 3.18. The van der Waals surface area contributed by atoms with E-state index in [1.807, 2.05) is 13.8 Å². The Kier molecular flexibility index (Phi) is 34.7. The third kappa shape index (κ3) is 26.8. The molecule has 1 aromatic carbocycles. The third-order valence-corrected chi connectivity index (χ3v) is 14.3. The Bertz CT molecular complexity index is 2350. The lowest BCUT2D eigenvalue weighted by Gasteiger charge is -2.29. The van der Waals surface area contributed by atoms with Crippen LogP contribution in [0.15, 0.2) is 30.3 Å². The van der Waals surface area contributed by atoms with Crippen molar-refractivity contribution in [2.75, 3.05) is 39.3 Å². The summed E-state index contributed by atoms with van der Waals surface area (Å²) < 4.78 is 0. The molecule has 0 aliphatic carbocycles. The van der Waals surface area contributed by atoms with Crippen LogP contribution in [0.4, 0.5) is 0 Å². The van der Waals surface area contributed by atoms with Crippen LogP contribution in [0, 0.1) is 11.8 Å². The highest BCUT2D eigenvalue weighted by Gasteiger charge is 2.38. The van der Waals surface area contributed by atoms with Gasteiger partial charge in [0.15, 0.2) is 0 Å². The summed E-state index contributed by atoms with van der Waals surface area (Å²) in [4.78, 5) is 154. The molecule has 30 nitrogen and oxygen atoms in total. The Morgan fingerprint density at radius 2 is 1.05 bits per heavy atom. The van der Waals surface area contributed by atoms with E-state index in [4.69, 9.17) is 28.7 Å². The number of nitrogens with two attached hydrogens (primary N) is 5. The summed E-state index contributed by atoms with van der Waals surface area (Å²) in [5, 5.41) is 59.9. The average molecular weight is 1220 g/mol. The van der Waals surface area contributed by atoms with E-state index >= 15 is 0 Å². The Morgan fingerprint density at radius 1 is 0.558 bits per heavy atom. The third-order valence-electron chi connectivity index (χ3n) is 14.3. The lowest BCUT2D eigenvalue weighted by atomic mass is 9.99. The molecule has 1 aromatic rings. The van der Waals surface area contributed by atoms with Crippen molar-refractivity contribution in [3.63, 3.8) is 0 Å². The lowest BCUT2D eigenvalue weighted by Crippen LogP contribution is -2.62. The van der Waals surface area contributed by atoms with E-state index in [1.54, 1.807) is 44.2 Å². The van der Waals surface area contributed by atoms with Crippen LogP contribution in [0.2, 0.25) is 0 Å². The molecule has 1 unspecified atom stereocenters. The molecule has 0 radical (unpaired) electrons. The van der Waals surface area contributed by atoms with E-state index in [2.05, 4.69) is 58.5 Å². The summed E-state index contributed by atoms with van der Waals surface area (Å²) in [6.07, 6.45) is -4.15. The fourth-order valence-corrected chi connectivity index (χ4v) is 9.12. The maximum atomic E-state index is 14.5. The number of hydrogen-bond donors (Lipinski definition) is 19. The molecule has 86 heavy (non-hydrogen) atoms. The second kappa shape index (κ2) is 39.7. The summed E-state index contributed by atoms with van der Waals surface area (Å²) in [5.41, 5.74) is 29.9. The van der Waals surface area contributed by atoms with Gasteiger partial charge in [0.25, 0.3) is 0 Å². The molecule has 2 rings (SSSR count). The van der Waals surface area contributed by atoms with Crippen LogP contribution in [0.3, 0.4) is 0 Å². The number of benzene rings is 1. The minimum Gasteiger partial charge on any atom is -0.393 e. The Balaban J connectivity index is 2.68. The highest BCUT2D eigenvalue weighted by molar-refractivity contribution is 5.99. The van der Waals surface area contributed by atoms with Crippen molar-refractivity contribution in [1.82, 2.24) is 58.5 Å². The monoisotopic (exact) mass is 1220 g/mol. The molecule has 1 saturated heterocycles. The Hall–Kier alpha value is -6.93. The van der Waals surface area contributed by atoms with Crippen molar-refractivity contribution in [3.8, 4) is 0 Å². The molecule has 1 fully saturated rings. The number of carbonyl (C=O) groups is 11. The summed E-state index contributed by atoms with van der Waals surface area (Å²) in [6, 6.07) is -6.55. The topological polar surface area (TPSA) is 511 Å². The first-order chi connectivity index (χ1) is 40.7. The quantitative estimate of drug-likeness (QED) is 0.0355. The van der Waals surface area contributed by atoms with Crippen LogP contribution in [0.25, 0.3) is 0 Å². The van der Waals surface area contributed by atoms with Gasteiger partial charge in [-0.2, -0.15) is 0 Å². The van der Waals surface area contributed by atoms with Gasteiger partial charge in [-0.1, -0.05) is 64.4 Å². The van der Waals surface area contributed by atoms with Gasteiger partial charge in [0.05, 0.1) is 24.7 Å². The molecule has 0 aromatic heterocycles. The van der Waals surface area contributed by atoms with Crippen molar-refractivity contribution in [2.45, 2.75) is 197 Å². The number of hydrogen-bond acceptors (Lipinski definition) is 19. The second-order valence-corrected chi connectivity index (χ2v) is 22.2. The van der Waals surface area contributed by atoms with Crippen molar-refractivity contribution in [1.29, 1.82) is 0 Å². The van der Waals surface area contributed by atoms with Gasteiger partial charge in [-0.25, -0.2) is 0 Å². The Labute approximate surface area is 503 Å². The largest absolute Gasteiger partial charge is 0.393 e. The minimum atomic E-state index is -1.76. The number of amides is 11. The van der Waals surface area contributed by atoms with Gasteiger partial charge in [-0.15, -0.1) is 0 Å². The van der Waals surface area contributed by atoms with Crippen LogP contribution in [0.5, 0.6) is 0 Å². The zero-order valence-electron chi connectivity index (χ0n) is 50.5. The van der Waals surface area contributed by atoms with E-state index in [1.165, 1.54) is 13.8 Å². The van der Waals surface area contributed by atoms with E-state index < -0.39 is 157 Å². The van der Waals surface area contributed by atoms with Gasteiger partial charge in [-0.05, 0) is 122 Å². The first kappa shape index (κ1) is 75.2. The Morgan fingerprint density at radius 3 is 1.55 bits per heavy atom. The first-order valence-corrected chi connectivity index (χ1v) is 29.6. The predicted octanol–water partition coefficient (Wildman–Crippen LogP) is -6.27. The first-order valence-electron chi connectivity index (χ1n) is 29.6. The van der Waals surface area contributed by atoms with Crippen molar-refractivity contribution in [3.05, 3.63) is 35.9 Å². The summed E-state index contributed by atoms with van der Waals surface area (Å²) in [6.45, 7) is 8.65. The van der Waals surface area contributed by atoms with E-state index in [9.17, 15) is 68.1 Å². The second-order valence-electron chi connectivity index (χ2n) is 22.2. The van der Waals surface area contributed by atoms with Crippen molar-refractivity contribution < 1.29 is 68.1 Å². The van der Waals surface area contributed by atoms with Crippen LogP contribution in [-0.4, -0.2) is 198 Å². The van der Waals surface area contributed by atoms with Gasteiger partial charge >= 0.3 is 0 Å². The highest BCUT2D eigenvalue weighted by atomic mass is 16.3. The summed E-state index contributed by atoms with van der Waals surface area (Å²) in [5.74, 6) is -10.1. The van der Waals surface area contributed by atoms with Crippen LogP contribution < -0.4 is 87.2 Å². The highest BCUT2D eigenvalue weighted by Crippen LogP contribution is 2.14. The lowest BCUT2D eigenvalue weighted by molar-refractivity contribution is -0.137. The molecule has 14 atom stereocenters. The molecule has 0 saturated carbocycles. The van der Waals surface area contributed by atoms with Crippen molar-refractivity contribution in [2.24, 2.45) is 40.5 Å². The number of aliphatic hydroxyl groups is 3. The van der Waals surface area contributed by atoms with Crippen LogP contribution in [0.1, 0.15) is 118 Å². The molecule has 0 spiro atoms. The number of nitrogens with one attached hydrogen (secondary N) is 11. The van der Waals surface area contributed by atoms with E-state index in [-0.39, 0.29) is 90.0 Å². The van der Waals surface area contributed by atoms with Gasteiger partial charge in [0.2, 0.25) is 65.0 Å². The molecule has 30 heteroatoms. The van der Waals surface area contributed by atoms with E-state index in [0.717, 1.165) is 6.42 Å². The molecular formula is C56H98N16O14. The van der Waals surface area contributed by atoms with Gasteiger partial charge in [-0.3, -0.25) is 52.7 Å². The predicted molar refractivity (Wildman–Crippen MR) is 318 cm³/mol. The zero-order chi connectivity index (χ0) is 64.6. The molecule has 0 bridgehead atoms. The standard InChI is InChI=1S/C56H98N16O14/c1-7-31(4)13-14-35(75)29-44(76)63-36(15-21-57)51(81)72-46(33(6)74)56(86)68-39(18-24-60)48(78)67-41-20-26-62-55(85)45(32(5)73)71-52(82)40(19-25-61)65-47(77)37(16-22-58)66-53(83)42(27-30(2)3)69-54(84)43(28-34-11-9-8-10-12-34)70-49(79)38(17-23-59)64-50(41)80/h8-12,30-33,35-43,45-46,73-75H,7,13-29,57-61H2,1-6H3,(H,62,85)(H,63,76)(H,64,80)(H,65,77)(H,66,83)(H,67,78)(H,68,86)(H,69,84)(H,70,79)(H,71,82)(H,72,81)/t31-,32-,33-,35?,36+,37+,38+,39+,40+,41+,42+,43-,45+,46+/m1/s1. The fourth-order valence-electron chi connectivity index (χ4n) is 9.12. The van der Waals surface area contributed by atoms with Gasteiger partial charge < -0.3 is 102 Å². The van der Waals surface area contributed by atoms with Crippen LogP contribution in [-0.2, 0) is 59.2 Å². The molecule has 1 aliphatic rings. The molecule has 486 valence electrons. The molecule has 1 heterocycles. The molecular weight excluding hydrogens is 1120 g/mol. The minimum absolute atomic E-state index is 0.0383. The summed E-state index contributed by atoms with van der Waals surface area (Å²) >= 11 is 0. The maximum absolute atomic E-state index is 14.5. The fraction of sp³-hybridized carbons (Fsp3) is 0.696. The number of aliphatic hydroxyl groups excluding tert-OH is 3. The van der Waals surface area contributed by atoms with Gasteiger partial charge in [0.1, 0.15) is 60.4 Å².